The van der Waals surface area contributed by atoms with Crippen molar-refractivity contribution in [2.45, 2.75) is 11.8 Å². The summed E-state index contributed by atoms with van der Waals surface area (Å²) in [6.45, 7) is 3.87. The number of rotatable bonds is 1. The topological polar surface area (TPSA) is 16.1 Å². The van der Waals surface area contributed by atoms with E-state index >= 15 is 0 Å². The molecule has 1 aliphatic rings. The summed E-state index contributed by atoms with van der Waals surface area (Å²) >= 11 is 6.37. The molecule has 15 heavy (non-hydrogen) atoms. The summed E-state index contributed by atoms with van der Waals surface area (Å²) in [5.41, 5.74) is 2.42. The minimum atomic E-state index is -0.266. The molecule has 0 aromatic carbocycles. The van der Waals surface area contributed by atoms with E-state index < -0.39 is 0 Å². The van der Waals surface area contributed by atoms with E-state index in [2.05, 4.69) is 29.1 Å². The predicted molar refractivity (Wildman–Crippen MR) is 64.0 cm³/mol. The molecule has 0 bridgehead atoms. The highest BCUT2D eigenvalue weighted by molar-refractivity contribution is 6.25. The average molecular weight is 223 g/mol. The third kappa shape index (κ3) is 2.58. The number of aromatic nitrogens is 1. The van der Waals surface area contributed by atoms with Gasteiger partial charge in [-0.1, -0.05) is 12.1 Å². The Morgan fingerprint density at radius 2 is 2.33 bits per heavy atom. The smallest absolute Gasteiger partial charge is 0.0730 e. The molecule has 0 aliphatic carbocycles. The van der Waals surface area contributed by atoms with Gasteiger partial charge in [0.1, 0.15) is 0 Å². The summed E-state index contributed by atoms with van der Waals surface area (Å²) in [6.07, 6.45) is 5.82. The number of nitrogens with zero attached hydrogens (tertiary/aromatic N) is 2. The van der Waals surface area contributed by atoms with Crippen molar-refractivity contribution in [3.8, 4) is 0 Å². The van der Waals surface area contributed by atoms with Crippen LogP contribution in [0.4, 0.5) is 0 Å². The number of likely N-dealkylation sites (N-methyl/N-ethyl adjacent to an activating group) is 1. The van der Waals surface area contributed by atoms with Gasteiger partial charge in [-0.15, -0.1) is 11.6 Å². The van der Waals surface area contributed by atoms with Crippen molar-refractivity contribution in [1.29, 1.82) is 0 Å². The fraction of sp³-hybridized carbons (Fsp3) is 0.417. The predicted octanol–water partition coefficient (Wildman–Crippen LogP) is 2.41. The Morgan fingerprint density at radius 1 is 1.53 bits per heavy atom. The summed E-state index contributed by atoms with van der Waals surface area (Å²) in [7, 11) is 2.09. The molecule has 1 aromatic rings. The maximum absolute atomic E-state index is 6.37. The Balaban J connectivity index is 2.34. The van der Waals surface area contributed by atoms with Crippen molar-refractivity contribution in [2.24, 2.45) is 0 Å². The molecule has 80 valence electrons. The monoisotopic (exact) mass is 222 g/mol. The standard InChI is InChI=1S/C12H15ClN2/c1-12(13)6-11(8-15(2)9-12)10-4-3-5-14-7-10/h3-7H,8-9H2,1-2H3. The number of pyridine rings is 1. The molecule has 0 spiro atoms. The van der Waals surface area contributed by atoms with E-state index in [1.54, 1.807) is 6.20 Å². The first kappa shape index (κ1) is 10.7. The van der Waals surface area contributed by atoms with Crippen LogP contribution in [0.1, 0.15) is 12.5 Å². The lowest BCUT2D eigenvalue weighted by Crippen LogP contribution is -2.38. The zero-order valence-corrected chi connectivity index (χ0v) is 9.83. The molecule has 1 aliphatic heterocycles. The van der Waals surface area contributed by atoms with E-state index in [1.165, 1.54) is 5.57 Å². The molecule has 3 heteroatoms. The fourth-order valence-corrected chi connectivity index (χ4v) is 2.39. The first-order valence-corrected chi connectivity index (χ1v) is 5.44. The zero-order chi connectivity index (χ0) is 10.9. The van der Waals surface area contributed by atoms with Crippen LogP contribution >= 0.6 is 11.6 Å². The van der Waals surface area contributed by atoms with Gasteiger partial charge < -0.3 is 4.90 Å². The van der Waals surface area contributed by atoms with Crippen LogP contribution in [-0.4, -0.2) is 34.9 Å². The Bertz CT molecular complexity index is 370. The summed E-state index contributed by atoms with van der Waals surface area (Å²) in [6, 6.07) is 4.03. The van der Waals surface area contributed by atoms with Crippen molar-refractivity contribution in [3.05, 3.63) is 36.2 Å². The highest BCUT2D eigenvalue weighted by Gasteiger charge is 2.26. The molecule has 2 rings (SSSR count). The minimum Gasteiger partial charge on any atom is -0.300 e. The van der Waals surface area contributed by atoms with Crippen molar-refractivity contribution < 1.29 is 0 Å². The van der Waals surface area contributed by atoms with Crippen LogP contribution in [0.3, 0.4) is 0 Å². The lowest BCUT2D eigenvalue weighted by atomic mass is 9.97. The zero-order valence-electron chi connectivity index (χ0n) is 9.07. The van der Waals surface area contributed by atoms with Crippen molar-refractivity contribution in [3.63, 3.8) is 0 Å². The molecule has 0 N–H and O–H groups in total. The fourth-order valence-electron chi connectivity index (χ4n) is 2.06. The van der Waals surface area contributed by atoms with Crippen LogP contribution in [-0.2, 0) is 0 Å². The molecule has 2 nitrogen and oxygen atoms in total. The molecule has 2 heterocycles. The maximum atomic E-state index is 6.37. The van der Waals surface area contributed by atoms with E-state index in [1.807, 2.05) is 19.2 Å². The van der Waals surface area contributed by atoms with Gasteiger partial charge in [-0.3, -0.25) is 4.98 Å². The van der Waals surface area contributed by atoms with Crippen molar-refractivity contribution in [1.82, 2.24) is 9.88 Å². The van der Waals surface area contributed by atoms with E-state index in [9.17, 15) is 0 Å². The van der Waals surface area contributed by atoms with Gasteiger partial charge in [-0.2, -0.15) is 0 Å². The molecular formula is C12H15ClN2. The van der Waals surface area contributed by atoms with Gasteiger partial charge in [0, 0.05) is 25.5 Å². The van der Waals surface area contributed by atoms with E-state index in [0.29, 0.717) is 0 Å². The lowest BCUT2D eigenvalue weighted by molar-refractivity contribution is 0.342. The molecule has 0 saturated carbocycles. The molecule has 0 saturated heterocycles. The van der Waals surface area contributed by atoms with Crippen LogP contribution in [0.2, 0.25) is 0 Å². The largest absolute Gasteiger partial charge is 0.300 e. The maximum Gasteiger partial charge on any atom is 0.0730 e. The Labute approximate surface area is 95.6 Å². The summed E-state index contributed by atoms with van der Waals surface area (Å²) in [4.78, 5) is 6.10. The van der Waals surface area contributed by atoms with Gasteiger partial charge >= 0.3 is 0 Å². The van der Waals surface area contributed by atoms with Crippen molar-refractivity contribution in [2.75, 3.05) is 20.1 Å². The van der Waals surface area contributed by atoms with Crippen LogP contribution in [0.5, 0.6) is 0 Å². The molecule has 0 radical (unpaired) electrons. The van der Waals surface area contributed by atoms with Crippen LogP contribution in [0, 0.1) is 0 Å². The SMILES string of the molecule is CN1CC(c2cccnc2)=CC(C)(Cl)C1. The average Bonchev–Trinajstić information content (AvgIpc) is 2.16. The Kier molecular flexibility index (Phi) is 2.81. The summed E-state index contributed by atoms with van der Waals surface area (Å²) < 4.78 is 0. The lowest BCUT2D eigenvalue weighted by Gasteiger charge is -2.32. The van der Waals surface area contributed by atoms with Gasteiger partial charge in [0.15, 0.2) is 0 Å². The second-order valence-corrected chi connectivity index (χ2v) is 5.23. The Hall–Kier alpha value is -0.860. The van der Waals surface area contributed by atoms with Gasteiger partial charge in [0.05, 0.1) is 4.87 Å². The number of hydrogen-bond donors (Lipinski definition) is 0. The first-order valence-electron chi connectivity index (χ1n) is 5.06. The van der Waals surface area contributed by atoms with Crippen molar-refractivity contribution >= 4 is 17.2 Å². The quantitative estimate of drug-likeness (QED) is 0.679. The second kappa shape index (κ2) is 3.95. The summed E-state index contributed by atoms with van der Waals surface area (Å²) in [5, 5.41) is 0. The first-order chi connectivity index (χ1) is 7.07. The van der Waals surface area contributed by atoms with Crippen LogP contribution < -0.4 is 0 Å². The van der Waals surface area contributed by atoms with Gasteiger partial charge in [0.2, 0.25) is 0 Å². The highest BCUT2D eigenvalue weighted by atomic mass is 35.5. The molecular weight excluding hydrogens is 208 g/mol. The van der Waals surface area contributed by atoms with E-state index in [4.69, 9.17) is 11.6 Å². The number of halogens is 1. The molecule has 0 amide bonds. The minimum absolute atomic E-state index is 0.266. The summed E-state index contributed by atoms with van der Waals surface area (Å²) in [5.74, 6) is 0. The third-order valence-electron chi connectivity index (χ3n) is 2.53. The Morgan fingerprint density at radius 3 is 2.93 bits per heavy atom. The van der Waals surface area contributed by atoms with E-state index in [0.717, 1.165) is 18.7 Å². The molecule has 0 fully saturated rings. The van der Waals surface area contributed by atoms with Gasteiger partial charge in [0.25, 0.3) is 0 Å². The molecule has 1 unspecified atom stereocenters. The molecule has 1 aromatic heterocycles. The molecule has 1 atom stereocenters. The normalized spacial score (nSPS) is 27.5. The highest BCUT2D eigenvalue weighted by Crippen LogP contribution is 2.28. The van der Waals surface area contributed by atoms with Gasteiger partial charge in [-0.05, 0) is 31.2 Å². The number of alkyl halides is 1. The third-order valence-corrected chi connectivity index (χ3v) is 2.76. The van der Waals surface area contributed by atoms with Gasteiger partial charge in [-0.25, -0.2) is 0 Å². The number of hydrogen-bond acceptors (Lipinski definition) is 2. The van der Waals surface area contributed by atoms with Crippen LogP contribution in [0.15, 0.2) is 30.6 Å². The van der Waals surface area contributed by atoms with Crippen LogP contribution in [0.25, 0.3) is 5.57 Å². The second-order valence-electron chi connectivity index (χ2n) is 4.36. The van der Waals surface area contributed by atoms with E-state index in [-0.39, 0.29) is 4.87 Å².